The number of fused-ring (bicyclic) bond motifs is 5. The van der Waals surface area contributed by atoms with Gasteiger partial charge in [0.25, 0.3) is 0 Å². The van der Waals surface area contributed by atoms with E-state index in [9.17, 15) is 0 Å². The first-order valence-corrected chi connectivity index (χ1v) is 18.5. The lowest BCUT2D eigenvalue weighted by atomic mass is 9.93. The molecule has 9 aromatic carbocycles. The van der Waals surface area contributed by atoms with Gasteiger partial charge in [-0.3, -0.25) is 0 Å². The Labute approximate surface area is 315 Å². The van der Waals surface area contributed by atoms with E-state index >= 15 is 0 Å². The van der Waals surface area contributed by atoms with Gasteiger partial charge in [-0.25, -0.2) is 0 Å². The van der Waals surface area contributed by atoms with Crippen molar-refractivity contribution >= 4 is 49.6 Å². The van der Waals surface area contributed by atoms with Crippen LogP contribution in [0.15, 0.2) is 218 Å². The van der Waals surface area contributed by atoms with E-state index in [4.69, 9.17) is 0 Å². The first-order chi connectivity index (χ1) is 26.8. The highest BCUT2D eigenvalue weighted by Crippen LogP contribution is 2.42. The molecule has 0 bridgehead atoms. The standard InChI is InChI=1S/C52H36N2/c1-4-13-37(14-5-1)39-23-25-41(26-24-39)47-21-12-17-42-29-36-50-52(51(42)47)48-20-10-11-22-49(48)54(50)46-34-32-45(33-35-46)53(43-18-8-3-9-19-43)44-30-27-40(28-31-44)38-15-6-2-7-16-38/h1-36H. The van der Waals surface area contributed by atoms with E-state index in [0.717, 1.165) is 22.7 Å². The fourth-order valence-corrected chi connectivity index (χ4v) is 8.04. The Morgan fingerprint density at radius 1 is 0.296 bits per heavy atom. The first kappa shape index (κ1) is 31.6. The Balaban J connectivity index is 1.09. The molecule has 10 rings (SSSR count). The maximum atomic E-state index is 2.42. The van der Waals surface area contributed by atoms with E-state index in [2.05, 4.69) is 228 Å². The summed E-state index contributed by atoms with van der Waals surface area (Å²) in [6.07, 6.45) is 0. The van der Waals surface area contributed by atoms with Crippen LogP contribution in [0.2, 0.25) is 0 Å². The van der Waals surface area contributed by atoms with Gasteiger partial charge in [-0.2, -0.15) is 0 Å². The zero-order valence-corrected chi connectivity index (χ0v) is 29.7. The fourth-order valence-electron chi connectivity index (χ4n) is 8.04. The van der Waals surface area contributed by atoms with Crippen LogP contribution in [0.3, 0.4) is 0 Å². The summed E-state index contributed by atoms with van der Waals surface area (Å²) in [5.74, 6) is 0. The molecule has 0 atom stereocenters. The van der Waals surface area contributed by atoms with Crippen molar-refractivity contribution in [1.82, 2.24) is 4.57 Å². The lowest BCUT2D eigenvalue weighted by Gasteiger charge is -2.26. The monoisotopic (exact) mass is 688 g/mol. The highest BCUT2D eigenvalue weighted by atomic mass is 15.1. The van der Waals surface area contributed by atoms with Crippen LogP contribution in [0.4, 0.5) is 17.1 Å². The molecule has 0 saturated heterocycles. The van der Waals surface area contributed by atoms with E-state index in [1.807, 2.05) is 0 Å². The predicted octanol–water partition coefficient (Wildman–Crippen LogP) is 14.4. The number of hydrogen-bond donors (Lipinski definition) is 0. The predicted molar refractivity (Wildman–Crippen MR) is 229 cm³/mol. The average Bonchev–Trinajstić information content (AvgIpc) is 3.60. The van der Waals surface area contributed by atoms with Gasteiger partial charge in [0.2, 0.25) is 0 Å². The van der Waals surface area contributed by atoms with E-state index in [-0.39, 0.29) is 0 Å². The molecular formula is C52H36N2. The lowest BCUT2D eigenvalue weighted by molar-refractivity contribution is 1.17. The van der Waals surface area contributed by atoms with E-state index < -0.39 is 0 Å². The summed E-state index contributed by atoms with van der Waals surface area (Å²) in [5.41, 5.74) is 14.2. The number of benzene rings is 9. The first-order valence-electron chi connectivity index (χ1n) is 18.5. The van der Waals surface area contributed by atoms with Gasteiger partial charge in [-0.1, -0.05) is 158 Å². The zero-order valence-electron chi connectivity index (χ0n) is 29.7. The van der Waals surface area contributed by atoms with Crippen LogP contribution in [0.1, 0.15) is 0 Å². The topological polar surface area (TPSA) is 8.17 Å². The number of hydrogen-bond acceptors (Lipinski definition) is 1. The molecule has 0 saturated carbocycles. The molecule has 0 amide bonds. The van der Waals surface area contributed by atoms with Gasteiger partial charge in [-0.15, -0.1) is 0 Å². The molecule has 10 aromatic rings. The van der Waals surface area contributed by atoms with Crippen LogP contribution in [0.25, 0.3) is 71.6 Å². The minimum Gasteiger partial charge on any atom is -0.311 e. The molecule has 1 heterocycles. The van der Waals surface area contributed by atoms with Gasteiger partial charge >= 0.3 is 0 Å². The second kappa shape index (κ2) is 13.4. The van der Waals surface area contributed by atoms with Crippen molar-refractivity contribution in [3.8, 4) is 39.1 Å². The van der Waals surface area contributed by atoms with Crippen LogP contribution < -0.4 is 4.90 Å². The number of rotatable bonds is 7. The summed E-state index contributed by atoms with van der Waals surface area (Å²) in [5, 5.41) is 5.05. The molecule has 54 heavy (non-hydrogen) atoms. The van der Waals surface area contributed by atoms with Gasteiger partial charge in [0, 0.05) is 33.5 Å². The molecule has 0 aliphatic heterocycles. The highest BCUT2D eigenvalue weighted by Gasteiger charge is 2.18. The minimum atomic E-state index is 1.10. The van der Waals surface area contributed by atoms with E-state index in [1.165, 1.54) is 66.0 Å². The Hall–Kier alpha value is -7.16. The molecule has 0 aliphatic carbocycles. The van der Waals surface area contributed by atoms with Crippen LogP contribution in [0.5, 0.6) is 0 Å². The van der Waals surface area contributed by atoms with Crippen molar-refractivity contribution in [3.63, 3.8) is 0 Å². The van der Waals surface area contributed by atoms with Crippen molar-refractivity contribution in [3.05, 3.63) is 218 Å². The van der Waals surface area contributed by atoms with Gasteiger partial charge in [0.1, 0.15) is 0 Å². The second-order valence-corrected chi connectivity index (χ2v) is 13.8. The third kappa shape index (κ3) is 5.53. The van der Waals surface area contributed by atoms with Crippen LogP contribution >= 0.6 is 0 Å². The van der Waals surface area contributed by atoms with Crippen LogP contribution in [-0.2, 0) is 0 Å². The van der Waals surface area contributed by atoms with E-state index in [0.29, 0.717) is 0 Å². The third-order valence-electron chi connectivity index (χ3n) is 10.6. The summed E-state index contributed by atoms with van der Waals surface area (Å²) < 4.78 is 2.42. The Kier molecular flexibility index (Phi) is 7.85. The van der Waals surface area contributed by atoms with Gasteiger partial charge < -0.3 is 9.47 Å². The molecule has 0 unspecified atom stereocenters. The molecule has 0 spiro atoms. The Bertz CT molecular complexity index is 2870. The zero-order chi connectivity index (χ0) is 35.8. The molecule has 2 nitrogen and oxygen atoms in total. The number of nitrogens with zero attached hydrogens (tertiary/aromatic N) is 2. The molecule has 254 valence electrons. The Morgan fingerprint density at radius 2 is 0.796 bits per heavy atom. The molecular weight excluding hydrogens is 653 g/mol. The van der Waals surface area contributed by atoms with Gasteiger partial charge in [-0.05, 0) is 105 Å². The van der Waals surface area contributed by atoms with Crippen LogP contribution in [-0.4, -0.2) is 4.57 Å². The van der Waals surface area contributed by atoms with Gasteiger partial charge in [0.15, 0.2) is 0 Å². The average molecular weight is 689 g/mol. The minimum absolute atomic E-state index is 1.10. The normalized spacial score (nSPS) is 11.3. The van der Waals surface area contributed by atoms with Gasteiger partial charge in [0.05, 0.1) is 11.0 Å². The summed E-state index contributed by atoms with van der Waals surface area (Å²) in [6.45, 7) is 0. The molecule has 0 fully saturated rings. The molecule has 2 heteroatoms. The van der Waals surface area contributed by atoms with E-state index in [1.54, 1.807) is 0 Å². The largest absolute Gasteiger partial charge is 0.311 e. The third-order valence-corrected chi connectivity index (χ3v) is 10.6. The highest BCUT2D eigenvalue weighted by molar-refractivity contribution is 6.24. The lowest BCUT2D eigenvalue weighted by Crippen LogP contribution is -2.10. The van der Waals surface area contributed by atoms with Crippen molar-refractivity contribution in [2.24, 2.45) is 0 Å². The number of aromatic nitrogens is 1. The smallest absolute Gasteiger partial charge is 0.0547 e. The maximum Gasteiger partial charge on any atom is 0.0547 e. The number of para-hydroxylation sites is 2. The maximum absolute atomic E-state index is 2.42. The molecule has 0 radical (unpaired) electrons. The van der Waals surface area contributed by atoms with Crippen LogP contribution in [0, 0.1) is 0 Å². The summed E-state index contributed by atoms with van der Waals surface area (Å²) in [7, 11) is 0. The van der Waals surface area contributed by atoms with Crippen molar-refractivity contribution in [1.29, 1.82) is 0 Å². The Morgan fingerprint density at radius 3 is 1.44 bits per heavy atom. The molecule has 0 N–H and O–H groups in total. The second-order valence-electron chi connectivity index (χ2n) is 13.8. The van der Waals surface area contributed by atoms with Crippen molar-refractivity contribution < 1.29 is 0 Å². The fraction of sp³-hybridized carbons (Fsp3) is 0. The number of anilines is 3. The molecule has 1 aromatic heterocycles. The summed E-state index contributed by atoms with van der Waals surface area (Å²) >= 11 is 0. The molecule has 0 aliphatic rings. The summed E-state index contributed by atoms with van der Waals surface area (Å²) in [6, 6.07) is 78.7. The quantitative estimate of drug-likeness (QED) is 0.162. The summed E-state index contributed by atoms with van der Waals surface area (Å²) in [4.78, 5) is 2.33. The van der Waals surface area contributed by atoms with Crippen molar-refractivity contribution in [2.75, 3.05) is 4.90 Å². The SMILES string of the molecule is c1ccc(-c2ccc(-c3cccc4ccc5c(c6ccccc6n5-c5ccc(N(c6ccccc6)c6ccc(-c7ccccc7)cc6)cc5)c34)cc2)cc1. The van der Waals surface area contributed by atoms with Crippen molar-refractivity contribution in [2.45, 2.75) is 0 Å².